The van der Waals surface area contributed by atoms with Gasteiger partial charge >= 0.3 is 0 Å². The molecule has 0 fully saturated rings. The quantitative estimate of drug-likeness (QED) is 0.927. The fraction of sp³-hybridized carbons (Fsp3) is 0.235. The number of benzene rings is 2. The number of fused-ring (bicyclic) bond motifs is 1. The Balaban J connectivity index is 2.08. The third kappa shape index (κ3) is 2.94. The summed E-state index contributed by atoms with van der Waals surface area (Å²) in [5, 5.41) is 2.62. The van der Waals surface area contributed by atoms with Gasteiger partial charge in [-0.1, -0.05) is 18.2 Å². The van der Waals surface area contributed by atoms with E-state index in [4.69, 9.17) is 4.74 Å². The summed E-state index contributed by atoms with van der Waals surface area (Å²) >= 11 is 0. The molecule has 0 bridgehead atoms. The van der Waals surface area contributed by atoms with Gasteiger partial charge in [-0.25, -0.2) is 8.42 Å². The van der Waals surface area contributed by atoms with Crippen molar-refractivity contribution in [3.8, 4) is 5.75 Å². The van der Waals surface area contributed by atoms with Gasteiger partial charge < -0.3 is 10.1 Å². The molecule has 1 N–H and O–H groups in total. The maximum absolute atomic E-state index is 13.2. The second-order valence-electron chi connectivity index (χ2n) is 5.55. The summed E-state index contributed by atoms with van der Waals surface area (Å²) < 4.78 is 33.2. The third-order valence-corrected chi connectivity index (χ3v) is 5.72. The predicted molar refractivity (Wildman–Crippen MR) is 92.0 cm³/mol. The number of carbonyl (C=O) groups is 1. The van der Waals surface area contributed by atoms with Crippen molar-refractivity contribution in [1.29, 1.82) is 0 Å². The van der Waals surface area contributed by atoms with Crippen LogP contribution in [0.1, 0.15) is 12.5 Å². The average Bonchev–Trinajstić information content (AvgIpc) is 2.55. The highest BCUT2D eigenvalue weighted by Gasteiger charge is 2.31. The first-order valence-electron chi connectivity index (χ1n) is 7.52. The number of carbonyl (C=O) groups excluding carboxylic acids is 1. The molecule has 0 aromatic heterocycles. The standard InChI is InChI=1S/C17H18N2O4S/c1-12-7-8-14(18-13(2)20)11-17(12)24(21,22)19-9-10-23-16-6-4-3-5-15(16)19/h3-8,11H,9-10H2,1-2H3,(H,18,20). The fourth-order valence-electron chi connectivity index (χ4n) is 2.67. The van der Waals surface area contributed by atoms with Crippen LogP contribution in [0.4, 0.5) is 11.4 Å². The van der Waals surface area contributed by atoms with E-state index in [9.17, 15) is 13.2 Å². The molecule has 0 saturated carbocycles. The van der Waals surface area contributed by atoms with Gasteiger partial charge in [0, 0.05) is 12.6 Å². The molecule has 2 aromatic rings. The number of nitrogens with one attached hydrogen (secondary N) is 1. The molecule has 0 radical (unpaired) electrons. The van der Waals surface area contributed by atoms with Gasteiger partial charge in [-0.05, 0) is 36.8 Å². The highest BCUT2D eigenvalue weighted by molar-refractivity contribution is 7.93. The van der Waals surface area contributed by atoms with E-state index in [2.05, 4.69) is 5.32 Å². The maximum atomic E-state index is 13.2. The van der Waals surface area contributed by atoms with Crippen LogP contribution in [-0.4, -0.2) is 27.5 Å². The lowest BCUT2D eigenvalue weighted by atomic mass is 10.2. The van der Waals surface area contributed by atoms with E-state index in [-0.39, 0.29) is 17.3 Å². The summed E-state index contributed by atoms with van der Waals surface area (Å²) in [4.78, 5) is 11.4. The van der Waals surface area contributed by atoms with E-state index in [1.165, 1.54) is 17.3 Å². The van der Waals surface area contributed by atoms with Gasteiger partial charge in [0.05, 0.1) is 17.1 Å². The number of nitrogens with zero attached hydrogens (tertiary/aromatic N) is 1. The monoisotopic (exact) mass is 346 g/mol. The molecule has 7 heteroatoms. The van der Waals surface area contributed by atoms with Crippen molar-refractivity contribution >= 4 is 27.3 Å². The molecule has 1 heterocycles. The largest absolute Gasteiger partial charge is 0.489 e. The van der Waals surface area contributed by atoms with E-state index in [0.717, 1.165) is 0 Å². The topological polar surface area (TPSA) is 75.7 Å². The molecule has 1 amide bonds. The van der Waals surface area contributed by atoms with Crippen LogP contribution >= 0.6 is 0 Å². The summed E-state index contributed by atoms with van der Waals surface area (Å²) in [7, 11) is -3.76. The Morgan fingerprint density at radius 1 is 1.21 bits per heavy atom. The van der Waals surface area contributed by atoms with Crippen LogP contribution in [-0.2, 0) is 14.8 Å². The summed E-state index contributed by atoms with van der Waals surface area (Å²) in [6.07, 6.45) is 0. The van der Waals surface area contributed by atoms with Crippen LogP contribution in [0.15, 0.2) is 47.4 Å². The molecule has 0 unspecified atom stereocenters. The summed E-state index contributed by atoms with van der Waals surface area (Å²) in [5.74, 6) is 0.293. The fourth-order valence-corrected chi connectivity index (χ4v) is 4.38. The van der Waals surface area contributed by atoms with Crippen LogP contribution in [0.25, 0.3) is 0 Å². The number of amides is 1. The van der Waals surface area contributed by atoms with E-state index in [1.807, 2.05) is 0 Å². The summed E-state index contributed by atoms with van der Waals surface area (Å²) in [6, 6.07) is 11.9. The van der Waals surface area contributed by atoms with Gasteiger partial charge in [0.1, 0.15) is 12.4 Å². The third-order valence-electron chi connectivity index (χ3n) is 3.76. The Morgan fingerprint density at radius 2 is 1.96 bits per heavy atom. The van der Waals surface area contributed by atoms with Crippen LogP contribution in [0.3, 0.4) is 0 Å². The molecule has 0 aliphatic carbocycles. The second-order valence-corrected chi connectivity index (χ2v) is 7.39. The number of sulfonamides is 1. The van der Waals surface area contributed by atoms with E-state index in [1.54, 1.807) is 43.3 Å². The number of para-hydroxylation sites is 2. The van der Waals surface area contributed by atoms with Crippen LogP contribution < -0.4 is 14.4 Å². The Hall–Kier alpha value is -2.54. The van der Waals surface area contributed by atoms with Crippen LogP contribution in [0, 0.1) is 6.92 Å². The molecule has 126 valence electrons. The maximum Gasteiger partial charge on any atom is 0.264 e. The zero-order valence-corrected chi connectivity index (χ0v) is 14.3. The van der Waals surface area contributed by atoms with Crippen molar-refractivity contribution in [2.24, 2.45) is 0 Å². The molecule has 6 nitrogen and oxygen atoms in total. The second kappa shape index (κ2) is 6.16. The van der Waals surface area contributed by atoms with Gasteiger partial charge in [-0.15, -0.1) is 0 Å². The highest BCUT2D eigenvalue weighted by atomic mass is 32.2. The van der Waals surface area contributed by atoms with Crippen molar-refractivity contribution in [2.45, 2.75) is 18.7 Å². The number of ether oxygens (including phenoxy) is 1. The van der Waals surface area contributed by atoms with Gasteiger partial charge in [0.15, 0.2) is 0 Å². The Morgan fingerprint density at radius 3 is 2.71 bits per heavy atom. The van der Waals surface area contributed by atoms with Gasteiger partial charge in [-0.3, -0.25) is 9.10 Å². The zero-order chi connectivity index (χ0) is 17.3. The lowest BCUT2D eigenvalue weighted by Gasteiger charge is -2.30. The van der Waals surface area contributed by atoms with Crippen molar-refractivity contribution in [2.75, 3.05) is 22.8 Å². The van der Waals surface area contributed by atoms with E-state index >= 15 is 0 Å². The Labute approximate surface area is 141 Å². The minimum atomic E-state index is -3.76. The van der Waals surface area contributed by atoms with Crippen molar-refractivity contribution in [3.05, 3.63) is 48.0 Å². The SMILES string of the molecule is CC(=O)Nc1ccc(C)c(S(=O)(=O)N2CCOc3ccccc32)c1. The Kier molecular flexibility index (Phi) is 4.19. The lowest BCUT2D eigenvalue weighted by molar-refractivity contribution is -0.114. The molecule has 2 aromatic carbocycles. The molecule has 3 rings (SSSR count). The number of hydrogen-bond acceptors (Lipinski definition) is 4. The number of hydrogen-bond donors (Lipinski definition) is 1. The predicted octanol–water partition coefficient (Wildman–Crippen LogP) is 2.54. The van der Waals surface area contributed by atoms with Gasteiger partial charge in [-0.2, -0.15) is 0 Å². The molecule has 1 aliphatic heterocycles. The number of anilines is 2. The van der Waals surface area contributed by atoms with Crippen molar-refractivity contribution in [3.63, 3.8) is 0 Å². The molecular weight excluding hydrogens is 328 g/mol. The molecule has 0 saturated heterocycles. The smallest absolute Gasteiger partial charge is 0.264 e. The zero-order valence-electron chi connectivity index (χ0n) is 13.4. The average molecular weight is 346 g/mol. The molecular formula is C17H18N2O4S. The van der Waals surface area contributed by atoms with Crippen molar-refractivity contribution in [1.82, 2.24) is 0 Å². The summed E-state index contributed by atoms with van der Waals surface area (Å²) in [5.41, 5.74) is 1.59. The van der Waals surface area contributed by atoms with Crippen molar-refractivity contribution < 1.29 is 17.9 Å². The minimum Gasteiger partial charge on any atom is -0.489 e. The van der Waals surface area contributed by atoms with E-state index in [0.29, 0.717) is 29.3 Å². The van der Waals surface area contributed by atoms with E-state index < -0.39 is 10.0 Å². The minimum absolute atomic E-state index is 0.172. The Bertz CT molecular complexity index is 893. The summed E-state index contributed by atoms with van der Waals surface area (Å²) in [6.45, 7) is 3.65. The number of aryl methyl sites for hydroxylation is 1. The molecule has 24 heavy (non-hydrogen) atoms. The highest BCUT2D eigenvalue weighted by Crippen LogP contribution is 2.36. The lowest BCUT2D eigenvalue weighted by Crippen LogP contribution is -2.38. The normalized spacial score (nSPS) is 13.8. The first-order chi connectivity index (χ1) is 11.4. The first-order valence-corrected chi connectivity index (χ1v) is 8.96. The molecule has 0 atom stereocenters. The van der Waals surface area contributed by atoms with Gasteiger partial charge in [0.2, 0.25) is 5.91 Å². The molecule has 0 spiro atoms. The first kappa shape index (κ1) is 16.3. The van der Waals surface area contributed by atoms with Crippen LogP contribution in [0.2, 0.25) is 0 Å². The number of rotatable bonds is 3. The molecule has 1 aliphatic rings. The van der Waals surface area contributed by atoms with Gasteiger partial charge in [0.25, 0.3) is 10.0 Å². The van der Waals surface area contributed by atoms with Crippen LogP contribution in [0.5, 0.6) is 5.75 Å².